The number of carbonyl (C=O) groups excluding carboxylic acids is 1. The third-order valence-corrected chi connectivity index (χ3v) is 3.40. The van der Waals surface area contributed by atoms with Crippen molar-refractivity contribution in [2.75, 3.05) is 25.5 Å². The Balaban J connectivity index is 2.01. The predicted octanol–water partition coefficient (Wildman–Crippen LogP) is 2.66. The first-order chi connectivity index (χ1) is 9.10. The molecule has 19 heavy (non-hydrogen) atoms. The molecule has 1 aromatic heterocycles. The molecule has 1 N–H and O–H groups in total. The number of rotatable bonds is 2. The zero-order valence-corrected chi connectivity index (χ0v) is 11.6. The minimum Gasteiger partial charge on any atom is -0.481 e. The Morgan fingerprint density at radius 2 is 2.21 bits per heavy atom. The molecule has 0 spiro atoms. The van der Waals surface area contributed by atoms with Crippen molar-refractivity contribution in [2.24, 2.45) is 0 Å². The average molecular weight is 261 g/mol. The zero-order valence-electron chi connectivity index (χ0n) is 11.6. The number of aromatic nitrogens is 1. The average Bonchev–Trinajstić information content (AvgIpc) is 2.42. The third kappa shape index (κ3) is 3.24. The summed E-state index contributed by atoms with van der Waals surface area (Å²) in [6.45, 7) is 5.65. The molecule has 1 aromatic rings. The predicted molar refractivity (Wildman–Crippen MR) is 74.4 cm³/mol. The highest BCUT2D eigenvalue weighted by atomic mass is 16.5. The highest BCUT2D eigenvalue weighted by Crippen LogP contribution is 2.19. The molecule has 0 aromatic carbocycles. The largest absolute Gasteiger partial charge is 0.481 e. The number of ether oxygens (including phenoxy) is 1. The van der Waals surface area contributed by atoms with Gasteiger partial charge in [-0.1, -0.05) is 11.1 Å². The molecule has 2 rings (SSSR count). The fourth-order valence-corrected chi connectivity index (χ4v) is 1.99. The van der Waals surface area contributed by atoms with E-state index in [1.54, 1.807) is 25.4 Å². The summed E-state index contributed by atoms with van der Waals surface area (Å²) in [5, 5.41) is 2.87. The molecule has 0 saturated carbocycles. The van der Waals surface area contributed by atoms with Gasteiger partial charge >= 0.3 is 6.03 Å². The maximum Gasteiger partial charge on any atom is 0.322 e. The van der Waals surface area contributed by atoms with Crippen molar-refractivity contribution in [1.82, 2.24) is 9.88 Å². The molecule has 2 heterocycles. The summed E-state index contributed by atoms with van der Waals surface area (Å²) in [4.78, 5) is 18.0. The van der Waals surface area contributed by atoms with Gasteiger partial charge in [0.1, 0.15) is 0 Å². The first kappa shape index (κ1) is 13.4. The van der Waals surface area contributed by atoms with Gasteiger partial charge in [0.2, 0.25) is 5.88 Å². The molecule has 5 heteroatoms. The lowest BCUT2D eigenvalue weighted by atomic mass is 10.0. The standard InChI is InChI=1S/C14H19N3O2/c1-10-5-7-17(9-11(10)2)14(18)16-12-4-6-15-13(8-12)19-3/h4,6,8H,5,7,9H2,1-3H3,(H,15,16,18). The minimum absolute atomic E-state index is 0.0832. The van der Waals surface area contributed by atoms with E-state index in [2.05, 4.69) is 24.1 Å². The fourth-order valence-electron chi connectivity index (χ4n) is 1.99. The van der Waals surface area contributed by atoms with Gasteiger partial charge in [-0.2, -0.15) is 0 Å². The van der Waals surface area contributed by atoms with Crippen LogP contribution in [0.3, 0.4) is 0 Å². The molecule has 0 radical (unpaired) electrons. The maximum absolute atomic E-state index is 12.2. The van der Waals surface area contributed by atoms with E-state index in [1.165, 1.54) is 11.1 Å². The number of carbonyl (C=O) groups is 1. The van der Waals surface area contributed by atoms with Gasteiger partial charge < -0.3 is 15.0 Å². The number of amides is 2. The lowest BCUT2D eigenvalue weighted by Gasteiger charge is -2.28. The van der Waals surface area contributed by atoms with Crippen molar-refractivity contribution in [3.8, 4) is 5.88 Å². The second-order valence-corrected chi connectivity index (χ2v) is 4.75. The van der Waals surface area contributed by atoms with Gasteiger partial charge in [-0.25, -0.2) is 9.78 Å². The summed E-state index contributed by atoms with van der Waals surface area (Å²) in [6.07, 6.45) is 2.55. The van der Waals surface area contributed by atoms with Crippen molar-refractivity contribution in [1.29, 1.82) is 0 Å². The molecule has 0 bridgehead atoms. The number of nitrogens with zero attached hydrogens (tertiary/aromatic N) is 2. The number of methoxy groups -OCH3 is 1. The molecule has 5 nitrogen and oxygen atoms in total. The minimum atomic E-state index is -0.0832. The molecule has 2 amide bonds. The number of nitrogens with one attached hydrogen (secondary N) is 1. The number of anilines is 1. The van der Waals surface area contributed by atoms with Crippen LogP contribution in [-0.4, -0.2) is 36.1 Å². The Labute approximate surface area is 113 Å². The summed E-state index contributed by atoms with van der Waals surface area (Å²) < 4.78 is 5.03. The highest BCUT2D eigenvalue weighted by Gasteiger charge is 2.19. The van der Waals surface area contributed by atoms with Gasteiger partial charge in [0.05, 0.1) is 7.11 Å². The van der Waals surface area contributed by atoms with E-state index in [0.29, 0.717) is 18.1 Å². The van der Waals surface area contributed by atoms with E-state index in [9.17, 15) is 4.79 Å². The second kappa shape index (κ2) is 5.73. The summed E-state index contributed by atoms with van der Waals surface area (Å²) in [7, 11) is 1.55. The quantitative estimate of drug-likeness (QED) is 0.833. The number of hydrogen-bond donors (Lipinski definition) is 1. The maximum atomic E-state index is 12.2. The Kier molecular flexibility index (Phi) is 4.04. The Morgan fingerprint density at radius 1 is 1.42 bits per heavy atom. The Morgan fingerprint density at radius 3 is 2.89 bits per heavy atom. The first-order valence-electron chi connectivity index (χ1n) is 6.31. The second-order valence-electron chi connectivity index (χ2n) is 4.75. The van der Waals surface area contributed by atoms with Crippen LogP contribution in [0, 0.1) is 0 Å². The van der Waals surface area contributed by atoms with Gasteiger partial charge in [0.15, 0.2) is 0 Å². The van der Waals surface area contributed by atoms with E-state index in [0.717, 1.165) is 13.0 Å². The number of pyridine rings is 1. The number of urea groups is 1. The lowest BCUT2D eigenvalue weighted by molar-refractivity contribution is 0.214. The SMILES string of the molecule is COc1cc(NC(=O)N2CCC(C)=C(C)C2)ccn1. The normalized spacial score (nSPS) is 15.4. The molecule has 1 aliphatic heterocycles. The van der Waals surface area contributed by atoms with Gasteiger partial charge in [0.25, 0.3) is 0 Å². The van der Waals surface area contributed by atoms with Gasteiger partial charge in [-0.15, -0.1) is 0 Å². The zero-order chi connectivity index (χ0) is 13.8. The molecule has 1 aliphatic rings. The van der Waals surface area contributed by atoms with Gasteiger partial charge in [-0.3, -0.25) is 0 Å². The monoisotopic (exact) mass is 261 g/mol. The van der Waals surface area contributed by atoms with Crippen molar-refractivity contribution in [2.45, 2.75) is 20.3 Å². The highest BCUT2D eigenvalue weighted by molar-refractivity contribution is 5.89. The number of hydrogen-bond acceptors (Lipinski definition) is 3. The molecule has 0 fully saturated rings. The molecule has 0 unspecified atom stereocenters. The Bertz CT molecular complexity index is 511. The van der Waals surface area contributed by atoms with Crippen LogP contribution in [0.25, 0.3) is 0 Å². The molecule has 0 aliphatic carbocycles. The third-order valence-electron chi connectivity index (χ3n) is 3.40. The summed E-state index contributed by atoms with van der Waals surface area (Å²) in [6, 6.07) is 3.37. The summed E-state index contributed by atoms with van der Waals surface area (Å²) >= 11 is 0. The van der Waals surface area contributed by atoms with E-state index >= 15 is 0 Å². The van der Waals surface area contributed by atoms with Crippen molar-refractivity contribution < 1.29 is 9.53 Å². The van der Waals surface area contributed by atoms with Crippen molar-refractivity contribution in [3.05, 3.63) is 29.5 Å². The van der Waals surface area contributed by atoms with Crippen LogP contribution in [0.5, 0.6) is 5.88 Å². The van der Waals surface area contributed by atoms with Crippen LogP contribution >= 0.6 is 0 Å². The molecular formula is C14H19N3O2. The van der Waals surface area contributed by atoms with Crippen molar-refractivity contribution in [3.63, 3.8) is 0 Å². The smallest absolute Gasteiger partial charge is 0.322 e. The fraction of sp³-hybridized carbons (Fsp3) is 0.429. The van der Waals surface area contributed by atoms with Crippen LogP contribution in [-0.2, 0) is 0 Å². The first-order valence-corrected chi connectivity index (χ1v) is 6.31. The van der Waals surface area contributed by atoms with E-state index in [4.69, 9.17) is 4.74 Å². The van der Waals surface area contributed by atoms with Crippen LogP contribution in [0.2, 0.25) is 0 Å². The molecular weight excluding hydrogens is 242 g/mol. The van der Waals surface area contributed by atoms with E-state index in [1.807, 2.05) is 4.90 Å². The molecule has 0 saturated heterocycles. The van der Waals surface area contributed by atoms with E-state index in [-0.39, 0.29) is 6.03 Å². The van der Waals surface area contributed by atoms with Crippen LogP contribution in [0.1, 0.15) is 20.3 Å². The Hall–Kier alpha value is -2.04. The van der Waals surface area contributed by atoms with Gasteiger partial charge in [0, 0.05) is 31.0 Å². The topological polar surface area (TPSA) is 54.5 Å². The van der Waals surface area contributed by atoms with Crippen LogP contribution < -0.4 is 10.1 Å². The van der Waals surface area contributed by atoms with E-state index < -0.39 is 0 Å². The van der Waals surface area contributed by atoms with Crippen LogP contribution in [0.4, 0.5) is 10.5 Å². The van der Waals surface area contributed by atoms with Crippen molar-refractivity contribution >= 4 is 11.7 Å². The molecule has 102 valence electrons. The van der Waals surface area contributed by atoms with Gasteiger partial charge in [-0.05, 0) is 26.3 Å². The molecule has 0 atom stereocenters. The lowest BCUT2D eigenvalue weighted by Crippen LogP contribution is -2.39. The van der Waals surface area contributed by atoms with Crippen LogP contribution in [0.15, 0.2) is 29.5 Å². The summed E-state index contributed by atoms with van der Waals surface area (Å²) in [5.74, 6) is 0.489. The summed E-state index contributed by atoms with van der Waals surface area (Å²) in [5.41, 5.74) is 3.35.